The van der Waals surface area contributed by atoms with Crippen molar-refractivity contribution in [1.82, 2.24) is 4.98 Å². The van der Waals surface area contributed by atoms with Crippen LogP contribution in [-0.4, -0.2) is 4.98 Å². The van der Waals surface area contributed by atoms with Crippen molar-refractivity contribution in [2.75, 3.05) is 0 Å². The third kappa shape index (κ3) is 2.11. The Morgan fingerprint density at radius 2 is 2.38 bits per heavy atom. The molecule has 0 saturated carbocycles. The van der Waals surface area contributed by atoms with Crippen LogP contribution in [0.2, 0.25) is 0 Å². The number of nitrogens with zero attached hydrogens (tertiary/aromatic N) is 1. The smallest absolute Gasteiger partial charge is 0.266 e. The Morgan fingerprint density at radius 1 is 1.62 bits per heavy atom. The normalized spacial score (nSPS) is 7.62. The van der Waals surface area contributed by atoms with Crippen molar-refractivity contribution in [2.24, 2.45) is 0 Å². The predicted molar refractivity (Wildman–Crippen MR) is 23.0 cm³/mol. The zero-order chi connectivity index (χ0) is 5.11. The van der Waals surface area contributed by atoms with Gasteiger partial charge in [-0.25, -0.2) is 16.5 Å². The van der Waals surface area contributed by atoms with Gasteiger partial charge in [-0.3, -0.25) is 4.98 Å². The molecule has 1 nitrogen and oxygen atoms in total. The second kappa shape index (κ2) is 3.65. The molecule has 3 heteroatoms. The molecule has 0 spiro atoms. The second-order valence-corrected chi connectivity index (χ2v) is 1.08. The summed E-state index contributed by atoms with van der Waals surface area (Å²) in [5.74, 6) is -0.459. The first kappa shape index (κ1) is 7.68. The van der Waals surface area contributed by atoms with Crippen molar-refractivity contribution in [3.05, 3.63) is 30.3 Å². The Kier molecular flexibility index (Phi) is 3.50. The standard InChI is InChI=1S/C5H3FN.Li/c6-5-3-1-2-4-7-5;/h1,3-4H;/q-1;+1. The maximum Gasteiger partial charge on any atom is 1.00 e. The van der Waals surface area contributed by atoms with Gasteiger partial charge in [0.1, 0.15) is 5.95 Å². The average Bonchev–Trinajstić information content (AvgIpc) is 1.69. The van der Waals surface area contributed by atoms with Gasteiger partial charge >= 0.3 is 18.9 Å². The van der Waals surface area contributed by atoms with Crippen LogP contribution in [-0.2, 0) is 0 Å². The van der Waals surface area contributed by atoms with Crippen molar-refractivity contribution in [1.29, 1.82) is 0 Å². The largest absolute Gasteiger partial charge is 1.00 e. The number of rotatable bonds is 0. The van der Waals surface area contributed by atoms with Gasteiger partial charge in [-0.05, 0) is 0 Å². The van der Waals surface area contributed by atoms with Gasteiger partial charge in [-0.15, -0.1) is 0 Å². The summed E-state index contributed by atoms with van der Waals surface area (Å²) in [4.78, 5) is 3.26. The number of pyridine rings is 1. The van der Waals surface area contributed by atoms with E-state index < -0.39 is 5.95 Å². The molecule has 0 aliphatic rings. The molecule has 1 rings (SSSR count). The summed E-state index contributed by atoms with van der Waals surface area (Å²) in [6.07, 6.45) is 1.29. The van der Waals surface area contributed by atoms with Crippen LogP contribution in [0.4, 0.5) is 4.39 Å². The fraction of sp³-hybridized carbons (Fsp3) is 0. The van der Waals surface area contributed by atoms with Crippen LogP contribution < -0.4 is 18.9 Å². The summed E-state index contributed by atoms with van der Waals surface area (Å²) in [5, 5.41) is 0. The molecule has 0 radical (unpaired) electrons. The molecule has 0 unspecified atom stereocenters. The van der Waals surface area contributed by atoms with Crippen LogP contribution in [0.15, 0.2) is 18.3 Å². The van der Waals surface area contributed by atoms with Gasteiger partial charge in [0.25, 0.3) is 0 Å². The monoisotopic (exact) mass is 103 g/mol. The summed E-state index contributed by atoms with van der Waals surface area (Å²) >= 11 is 0. The van der Waals surface area contributed by atoms with Gasteiger partial charge in [0, 0.05) is 0 Å². The predicted octanol–water partition coefficient (Wildman–Crippen LogP) is -1.98. The van der Waals surface area contributed by atoms with Crippen LogP contribution in [0, 0.1) is 12.0 Å². The SMILES string of the molecule is Fc1cc[c-]cn1.[Li+]. The van der Waals surface area contributed by atoms with E-state index in [1.807, 2.05) is 0 Å². The van der Waals surface area contributed by atoms with E-state index in [4.69, 9.17) is 0 Å². The molecule has 0 N–H and O–H groups in total. The van der Waals surface area contributed by atoms with Gasteiger partial charge in [-0.1, -0.05) is 6.20 Å². The molecule has 8 heavy (non-hydrogen) atoms. The minimum atomic E-state index is -0.459. The van der Waals surface area contributed by atoms with Crippen molar-refractivity contribution >= 4 is 0 Å². The number of aromatic nitrogens is 1. The van der Waals surface area contributed by atoms with E-state index >= 15 is 0 Å². The molecule has 36 valence electrons. The van der Waals surface area contributed by atoms with E-state index in [1.54, 1.807) is 0 Å². The summed E-state index contributed by atoms with van der Waals surface area (Å²) < 4.78 is 11.8. The molecule has 0 aliphatic carbocycles. The van der Waals surface area contributed by atoms with E-state index in [1.165, 1.54) is 18.3 Å². The van der Waals surface area contributed by atoms with Crippen LogP contribution in [0.3, 0.4) is 0 Å². The molecule has 0 amide bonds. The molecule has 0 fully saturated rings. The molecule has 1 aromatic rings. The van der Waals surface area contributed by atoms with E-state index in [0.29, 0.717) is 0 Å². The molecule has 0 atom stereocenters. The molecule has 0 saturated heterocycles. The molecule has 0 aromatic carbocycles. The van der Waals surface area contributed by atoms with Crippen molar-refractivity contribution in [3.63, 3.8) is 0 Å². The summed E-state index contributed by atoms with van der Waals surface area (Å²) in [6.45, 7) is 0. The average molecular weight is 103 g/mol. The van der Waals surface area contributed by atoms with Gasteiger partial charge in [0.2, 0.25) is 0 Å². The first-order chi connectivity index (χ1) is 3.39. The Morgan fingerprint density at radius 3 is 2.62 bits per heavy atom. The Labute approximate surface area is 59.1 Å². The maximum absolute atomic E-state index is 11.8. The Hall–Kier alpha value is -0.323. The molecule has 0 bridgehead atoms. The van der Waals surface area contributed by atoms with E-state index in [9.17, 15) is 4.39 Å². The topological polar surface area (TPSA) is 12.9 Å². The fourth-order valence-corrected chi connectivity index (χ4v) is 0.302. The third-order valence-corrected chi connectivity index (χ3v) is 0.580. The molecular weight excluding hydrogens is 100 g/mol. The Bertz CT molecular complexity index is 142. The molecular formula is C5H3FLiN. The second-order valence-electron chi connectivity index (χ2n) is 1.08. The van der Waals surface area contributed by atoms with Crippen molar-refractivity contribution in [3.8, 4) is 0 Å². The van der Waals surface area contributed by atoms with Gasteiger partial charge in [-0.2, -0.15) is 6.07 Å². The molecule has 0 aliphatic heterocycles. The first-order valence-electron chi connectivity index (χ1n) is 1.87. The first-order valence-corrected chi connectivity index (χ1v) is 1.87. The Balaban J connectivity index is 0.000000490. The van der Waals surface area contributed by atoms with Crippen LogP contribution in [0.5, 0.6) is 0 Å². The van der Waals surface area contributed by atoms with Gasteiger partial charge in [0.05, 0.1) is 0 Å². The number of hydrogen-bond donors (Lipinski definition) is 0. The fourth-order valence-electron chi connectivity index (χ4n) is 0.302. The maximum atomic E-state index is 11.8. The van der Waals surface area contributed by atoms with E-state index in [0.717, 1.165) is 0 Å². The van der Waals surface area contributed by atoms with Gasteiger partial charge < -0.3 is 0 Å². The van der Waals surface area contributed by atoms with Crippen molar-refractivity contribution in [2.45, 2.75) is 0 Å². The molecule has 1 heterocycles. The number of halogens is 1. The quantitative estimate of drug-likeness (QED) is 0.211. The van der Waals surface area contributed by atoms with Crippen LogP contribution in [0.25, 0.3) is 0 Å². The van der Waals surface area contributed by atoms with E-state index in [-0.39, 0.29) is 18.9 Å². The molecule has 1 aromatic heterocycles. The van der Waals surface area contributed by atoms with Gasteiger partial charge in [0.15, 0.2) is 0 Å². The van der Waals surface area contributed by atoms with E-state index in [2.05, 4.69) is 11.1 Å². The van der Waals surface area contributed by atoms with Crippen molar-refractivity contribution < 1.29 is 23.3 Å². The van der Waals surface area contributed by atoms with Crippen LogP contribution >= 0.6 is 0 Å². The minimum Gasteiger partial charge on any atom is -0.266 e. The summed E-state index contributed by atoms with van der Waals surface area (Å²) in [7, 11) is 0. The minimum absolute atomic E-state index is 0. The summed E-state index contributed by atoms with van der Waals surface area (Å²) in [5.41, 5.74) is 0. The third-order valence-electron chi connectivity index (χ3n) is 0.580. The number of hydrogen-bond acceptors (Lipinski definition) is 1. The zero-order valence-electron chi connectivity index (χ0n) is 4.56. The zero-order valence-corrected chi connectivity index (χ0v) is 4.56. The summed E-state index contributed by atoms with van der Waals surface area (Å²) in [6, 6.07) is 5.31. The van der Waals surface area contributed by atoms with Crippen LogP contribution in [0.1, 0.15) is 0 Å².